The highest BCUT2D eigenvalue weighted by molar-refractivity contribution is 7.80. The van der Waals surface area contributed by atoms with Crippen molar-refractivity contribution >= 4 is 23.3 Å². The fourth-order valence-electron chi connectivity index (χ4n) is 1.34. The van der Waals surface area contributed by atoms with Gasteiger partial charge in [0, 0.05) is 17.4 Å². The Morgan fingerprint density at radius 3 is 2.50 bits per heavy atom. The second-order valence-electron chi connectivity index (χ2n) is 3.97. The normalized spacial score (nSPS) is 14.4. The number of rotatable bonds is 3. The fraction of sp³-hybridized carbons (Fsp3) is 0.500. The van der Waals surface area contributed by atoms with Crippen LogP contribution in [0.2, 0.25) is 0 Å². The largest absolute Gasteiger partial charge is 0.359 e. The van der Waals surface area contributed by atoms with E-state index in [9.17, 15) is 0 Å². The van der Waals surface area contributed by atoms with Gasteiger partial charge in [-0.2, -0.15) is 0 Å². The Kier molecular flexibility index (Phi) is 3.19. The first-order valence-corrected chi connectivity index (χ1v) is 5.69. The topological polar surface area (TPSA) is 61.9 Å². The number of hydrazine groups is 1. The molecule has 1 aliphatic carbocycles. The van der Waals surface area contributed by atoms with Gasteiger partial charge in [-0.1, -0.05) is 0 Å². The molecule has 0 radical (unpaired) electrons. The molecule has 1 fully saturated rings. The average Bonchev–Trinajstić information content (AvgIpc) is 2.97. The van der Waals surface area contributed by atoms with E-state index in [1.54, 1.807) is 0 Å². The van der Waals surface area contributed by atoms with E-state index in [-0.39, 0.29) is 0 Å². The van der Waals surface area contributed by atoms with E-state index in [0.29, 0.717) is 17.1 Å². The SMILES string of the molecule is Cc1cc(C)nc(NNC(=S)NC2CC2)n1. The molecule has 0 spiro atoms. The predicted molar refractivity (Wildman–Crippen MR) is 67.0 cm³/mol. The lowest BCUT2D eigenvalue weighted by Crippen LogP contribution is -2.40. The minimum Gasteiger partial charge on any atom is -0.359 e. The van der Waals surface area contributed by atoms with Crippen molar-refractivity contribution in [1.29, 1.82) is 0 Å². The van der Waals surface area contributed by atoms with Gasteiger partial charge in [-0.3, -0.25) is 10.9 Å². The van der Waals surface area contributed by atoms with Crippen molar-refractivity contribution in [1.82, 2.24) is 20.7 Å². The molecule has 3 N–H and O–H groups in total. The molecule has 1 aromatic heterocycles. The summed E-state index contributed by atoms with van der Waals surface area (Å²) in [4.78, 5) is 8.46. The zero-order valence-corrected chi connectivity index (χ0v) is 10.2. The summed E-state index contributed by atoms with van der Waals surface area (Å²) in [5, 5.41) is 3.74. The van der Waals surface area contributed by atoms with E-state index >= 15 is 0 Å². The van der Waals surface area contributed by atoms with Gasteiger partial charge in [-0.15, -0.1) is 0 Å². The lowest BCUT2D eigenvalue weighted by molar-refractivity contribution is 0.871. The molecular formula is C10H15N5S. The molecule has 1 aromatic rings. The smallest absolute Gasteiger partial charge is 0.242 e. The van der Waals surface area contributed by atoms with E-state index in [1.807, 2.05) is 19.9 Å². The van der Waals surface area contributed by atoms with Crippen LogP contribution >= 0.6 is 12.2 Å². The summed E-state index contributed by atoms with van der Waals surface area (Å²) in [5.41, 5.74) is 7.61. The summed E-state index contributed by atoms with van der Waals surface area (Å²) >= 11 is 5.09. The van der Waals surface area contributed by atoms with Gasteiger partial charge >= 0.3 is 0 Å². The molecule has 16 heavy (non-hydrogen) atoms. The van der Waals surface area contributed by atoms with Crippen molar-refractivity contribution < 1.29 is 0 Å². The maximum absolute atomic E-state index is 5.09. The number of hydrogen-bond acceptors (Lipinski definition) is 4. The highest BCUT2D eigenvalue weighted by Crippen LogP contribution is 2.18. The van der Waals surface area contributed by atoms with E-state index in [1.165, 1.54) is 12.8 Å². The molecule has 1 heterocycles. The summed E-state index contributed by atoms with van der Waals surface area (Å²) in [6, 6.07) is 2.47. The van der Waals surface area contributed by atoms with Crippen LogP contribution in [0.25, 0.3) is 0 Å². The number of nitrogens with one attached hydrogen (secondary N) is 3. The number of anilines is 1. The third-order valence-corrected chi connectivity index (χ3v) is 2.40. The Morgan fingerprint density at radius 1 is 1.31 bits per heavy atom. The minimum absolute atomic E-state index is 0.539. The first kappa shape index (κ1) is 11.1. The lowest BCUT2D eigenvalue weighted by Gasteiger charge is -2.11. The van der Waals surface area contributed by atoms with Gasteiger partial charge in [0.1, 0.15) is 0 Å². The van der Waals surface area contributed by atoms with Gasteiger partial charge < -0.3 is 5.32 Å². The molecule has 86 valence electrons. The van der Waals surface area contributed by atoms with Crippen LogP contribution in [0.1, 0.15) is 24.2 Å². The highest BCUT2D eigenvalue weighted by Gasteiger charge is 2.21. The van der Waals surface area contributed by atoms with Gasteiger partial charge in [0.2, 0.25) is 5.95 Å². The number of hydrogen-bond donors (Lipinski definition) is 3. The van der Waals surface area contributed by atoms with Crippen molar-refractivity contribution in [2.75, 3.05) is 5.43 Å². The van der Waals surface area contributed by atoms with Gasteiger partial charge in [0.15, 0.2) is 5.11 Å². The minimum atomic E-state index is 0.539. The Morgan fingerprint density at radius 2 is 1.94 bits per heavy atom. The van der Waals surface area contributed by atoms with E-state index in [0.717, 1.165) is 11.4 Å². The average molecular weight is 237 g/mol. The summed E-state index contributed by atoms with van der Waals surface area (Å²) in [7, 11) is 0. The van der Waals surface area contributed by atoms with E-state index in [4.69, 9.17) is 12.2 Å². The number of aryl methyl sites for hydroxylation is 2. The monoisotopic (exact) mass is 237 g/mol. The Labute approximate surface area is 100 Å². The van der Waals surface area contributed by atoms with Crippen LogP contribution in [0.5, 0.6) is 0 Å². The number of aromatic nitrogens is 2. The third-order valence-electron chi connectivity index (χ3n) is 2.18. The second-order valence-corrected chi connectivity index (χ2v) is 4.38. The summed E-state index contributed by atoms with van der Waals surface area (Å²) in [6.45, 7) is 3.86. The van der Waals surface area contributed by atoms with E-state index < -0.39 is 0 Å². The van der Waals surface area contributed by atoms with Gasteiger partial charge in [0.25, 0.3) is 0 Å². The van der Waals surface area contributed by atoms with Crippen molar-refractivity contribution in [3.8, 4) is 0 Å². The first-order chi connectivity index (χ1) is 7.63. The zero-order valence-electron chi connectivity index (χ0n) is 9.37. The molecular weight excluding hydrogens is 222 g/mol. The second kappa shape index (κ2) is 4.61. The summed E-state index contributed by atoms with van der Waals surface area (Å²) in [6.07, 6.45) is 2.39. The first-order valence-electron chi connectivity index (χ1n) is 5.28. The molecule has 6 heteroatoms. The van der Waals surface area contributed by atoms with Crippen molar-refractivity contribution in [2.24, 2.45) is 0 Å². The molecule has 1 aliphatic rings. The van der Waals surface area contributed by atoms with Gasteiger partial charge in [-0.25, -0.2) is 9.97 Å². The lowest BCUT2D eigenvalue weighted by atomic mass is 10.4. The molecule has 0 unspecified atom stereocenters. The van der Waals surface area contributed by atoms with Crippen molar-refractivity contribution in [2.45, 2.75) is 32.7 Å². The zero-order chi connectivity index (χ0) is 11.5. The maximum Gasteiger partial charge on any atom is 0.242 e. The standard InChI is InChI=1S/C10H15N5S/c1-6-5-7(2)12-9(11-6)14-15-10(16)13-8-3-4-8/h5,8H,3-4H2,1-2H3,(H,11,12,14)(H2,13,15,16). The van der Waals surface area contributed by atoms with Gasteiger partial charge in [-0.05, 0) is 45.0 Å². The van der Waals surface area contributed by atoms with E-state index in [2.05, 4.69) is 26.1 Å². The Bertz CT molecular complexity index is 382. The molecule has 0 atom stereocenters. The Hall–Kier alpha value is -1.43. The third kappa shape index (κ3) is 3.30. The highest BCUT2D eigenvalue weighted by atomic mass is 32.1. The molecule has 5 nitrogen and oxygen atoms in total. The number of thiocarbonyl (C=S) groups is 1. The molecule has 2 rings (SSSR count). The van der Waals surface area contributed by atoms with Crippen LogP contribution in [0.4, 0.5) is 5.95 Å². The summed E-state index contributed by atoms with van der Waals surface area (Å²) in [5.74, 6) is 0.539. The predicted octanol–water partition coefficient (Wildman–Crippen LogP) is 1.05. The Balaban J connectivity index is 1.85. The molecule has 0 bridgehead atoms. The van der Waals surface area contributed by atoms with Crippen molar-refractivity contribution in [3.63, 3.8) is 0 Å². The molecule has 0 aliphatic heterocycles. The van der Waals surface area contributed by atoms with Crippen LogP contribution < -0.4 is 16.2 Å². The van der Waals surface area contributed by atoms with Crippen LogP contribution in [-0.4, -0.2) is 21.1 Å². The summed E-state index contributed by atoms with van der Waals surface area (Å²) < 4.78 is 0. The maximum atomic E-state index is 5.09. The quantitative estimate of drug-likeness (QED) is 0.539. The molecule has 1 saturated carbocycles. The van der Waals surface area contributed by atoms with Crippen LogP contribution in [-0.2, 0) is 0 Å². The number of nitrogens with zero attached hydrogens (tertiary/aromatic N) is 2. The van der Waals surface area contributed by atoms with Crippen LogP contribution in [0.3, 0.4) is 0 Å². The molecule has 0 aromatic carbocycles. The van der Waals surface area contributed by atoms with Gasteiger partial charge in [0.05, 0.1) is 0 Å². The molecule has 0 saturated heterocycles. The molecule has 0 amide bonds. The van der Waals surface area contributed by atoms with Crippen LogP contribution in [0, 0.1) is 13.8 Å². The van der Waals surface area contributed by atoms with Crippen molar-refractivity contribution in [3.05, 3.63) is 17.5 Å². The fourth-order valence-corrected chi connectivity index (χ4v) is 1.56. The van der Waals surface area contributed by atoms with Crippen LogP contribution in [0.15, 0.2) is 6.07 Å².